The number of pyridine rings is 1. The summed E-state index contributed by atoms with van der Waals surface area (Å²) in [6.45, 7) is 1.69. The fraction of sp³-hybridized carbons (Fsp3) is 0.214. The number of halogens is 3. The zero-order valence-corrected chi connectivity index (χ0v) is 13.0. The fourth-order valence-electron chi connectivity index (χ4n) is 2.05. The molecule has 0 aliphatic carbocycles. The quantitative estimate of drug-likeness (QED) is 0.926. The zero-order valence-electron chi connectivity index (χ0n) is 12.2. The van der Waals surface area contributed by atoms with Crippen LogP contribution in [0.2, 0.25) is 0 Å². The van der Waals surface area contributed by atoms with Crippen molar-refractivity contribution in [2.45, 2.75) is 18.0 Å². The highest BCUT2D eigenvalue weighted by Gasteiger charge is 2.36. The molecule has 9 heteroatoms. The van der Waals surface area contributed by atoms with E-state index in [9.17, 15) is 21.6 Å². The highest BCUT2D eigenvalue weighted by Crippen LogP contribution is 2.37. The van der Waals surface area contributed by atoms with Gasteiger partial charge in [0.25, 0.3) is 0 Å². The van der Waals surface area contributed by atoms with E-state index in [1.807, 2.05) is 0 Å². The van der Waals surface area contributed by atoms with Crippen molar-refractivity contribution in [3.8, 4) is 16.9 Å². The van der Waals surface area contributed by atoms with Gasteiger partial charge in [-0.3, -0.25) is 0 Å². The third kappa shape index (κ3) is 3.62. The SMILES string of the molecule is COc1cc(-c2cc(S(N)(=O)=O)ccc2C)cnc1C(F)(F)F. The number of aromatic nitrogens is 1. The van der Waals surface area contributed by atoms with Crippen LogP contribution in [0.1, 0.15) is 11.3 Å². The second-order valence-corrected chi connectivity index (χ2v) is 6.36. The van der Waals surface area contributed by atoms with Gasteiger partial charge in [0.1, 0.15) is 5.75 Å². The van der Waals surface area contributed by atoms with Crippen molar-refractivity contribution in [2.24, 2.45) is 5.14 Å². The van der Waals surface area contributed by atoms with Crippen molar-refractivity contribution in [3.63, 3.8) is 0 Å². The lowest BCUT2D eigenvalue weighted by molar-refractivity contribution is -0.142. The van der Waals surface area contributed by atoms with Crippen LogP contribution in [0.15, 0.2) is 35.4 Å². The molecule has 0 aliphatic heterocycles. The molecular weight excluding hydrogens is 333 g/mol. The van der Waals surface area contributed by atoms with Gasteiger partial charge in [0.2, 0.25) is 10.0 Å². The summed E-state index contributed by atoms with van der Waals surface area (Å²) < 4.78 is 66.1. The van der Waals surface area contributed by atoms with E-state index in [2.05, 4.69) is 4.98 Å². The summed E-state index contributed by atoms with van der Waals surface area (Å²) >= 11 is 0. The predicted molar refractivity (Wildman–Crippen MR) is 77.3 cm³/mol. The number of alkyl halides is 3. The zero-order chi connectivity index (χ0) is 17.4. The molecule has 0 saturated heterocycles. The van der Waals surface area contributed by atoms with E-state index in [1.54, 1.807) is 6.92 Å². The number of primary sulfonamides is 1. The van der Waals surface area contributed by atoms with Crippen LogP contribution in [-0.4, -0.2) is 20.5 Å². The number of hydrogen-bond donors (Lipinski definition) is 1. The Labute approximate surface area is 131 Å². The number of ether oxygens (including phenoxy) is 1. The average Bonchev–Trinajstić information content (AvgIpc) is 2.44. The molecule has 23 heavy (non-hydrogen) atoms. The van der Waals surface area contributed by atoms with Gasteiger partial charge in [0.15, 0.2) is 5.69 Å². The van der Waals surface area contributed by atoms with Crippen molar-refractivity contribution >= 4 is 10.0 Å². The smallest absolute Gasteiger partial charge is 0.437 e. The second kappa shape index (κ2) is 5.82. The molecule has 1 aromatic heterocycles. The molecule has 0 unspecified atom stereocenters. The number of rotatable bonds is 3. The Bertz CT molecular complexity index is 849. The Morgan fingerprint density at radius 1 is 1.22 bits per heavy atom. The van der Waals surface area contributed by atoms with Crippen molar-refractivity contribution in [2.75, 3.05) is 7.11 Å². The van der Waals surface area contributed by atoms with Crippen molar-refractivity contribution in [1.29, 1.82) is 0 Å². The number of hydrogen-bond acceptors (Lipinski definition) is 4. The van der Waals surface area contributed by atoms with Gasteiger partial charge < -0.3 is 4.74 Å². The monoisotopic (exact) mass is 346 g/mol. The molecule has 0 aliphatic rings. The van der Waals surface area contributed by atoms with E-state index in [0.29, 0.717) is 11.1 Å². The van der Waals surface area contributed by atoms with Gasteiger partial charge in [-0.2, -0.15) is 13.2 Å². The molecule has 2 N–H and O–H groups in total. The molecule has 5 nitrogen and oxygen atoms in total. The number of sulfonamides is 1. The number of nitrogens with two attached hydrogens (primary N) is 1. The summed E-state index contributed by atoms with van der Waals surface area (Å²) in [5, 5.41) is 5.07. The lowest BCUT2D eigenvalue weighted by atomic mass is 10.0. The van der Waals surface area contributed by atoms with Crippen molar-refractivity contribution < 1.29 is 26.3 Å². The molecule has 0 spiro atoms. The summed E-state index contributed by atoms with van der Waals surface area (Å²) in [7, 11) is -2.83. The molecule has 0 saturated carbocycles. The van der Waals surface area contributed by atoms with Crippen LogP contribution in [0.3, 0.4) is 0 Å². The third-order valence-corrected chi connectivity index (χ3v) is 4.10. The summed E-state index contributed by atoms with van der Waals surface area (Å²) in [6, 6.07) is 5.28. The van der Waals surface area contributed by atoms with E-state index >= 15 is 0 Å². The number of methoxy groups -OCH3 is 1. The molecule has 0 fully saturated rings. The molecule has 0 amide bonds. The Kier molecular flexibility index (Phi) is 4.36. The highest BCUT2D eigenvalue weighted by molar-refractivity contribution is 7.89. The number of aryl methyl sites for hydroxylation is 1. The molecule has 1 heterocycles. The lowest BCUT2D eigenvalue weighted by Crippen LogP contribution is -2.12. The second-order valence-electron chi connectivity index (χ2n) is 4.79. The molecular formula is C14H13F3N2O3S. The fourth-order valence-corrected chi connectivity index (χ4v) is 2.59. The van der Waals surface area contributed by atoms with Crippen LogP contribution >= 0.6 is 0 Å². The van der Waals surface area contributed by atoms with Gasteiger partial charge in [-0.05, 0) is 36.2 Å². The van der Waals surface area contributed by atoms with Gasteiger partial charge in [-0.15, -0.1) is 0 Å². The van der Waals surface area contributed by atoms with Gasteiger partial charge in [-0.1, -0.05) is 6.07 Å². The van der Waals surface area contributed by atoms with Crippen LogP contribution in [-0.2, 0) is 16.2 Å². The molecule has 0 radical (unpaired) electrons. The van der Waals surface area contributed by atoms with E-state index in [-0.39, 0.29) is 10.5 Å². The minimum Gasteiger partial charge on any atom is -0.494 e. The van der Waals surface area contributed by atoms with Crippen molar-refractivity contribution in [1.82, 2.24) is 4.98 Å². The predicted octanol–water partition coefficient (Wildman–Crippen LogP) is 2.73. The number of nitrogens with zero attached hydrogens (tertiary/aromatic N) is 1. The summed E-state index contributed by atoms with van der Waals surface area (Å²) in [6.07, 6.45) is -3.64. The summed E-state index contributed by atoms with van der Waals surface area (Å²) in [4.78, 5) is 3.26. The maximum Gasteiger partial charge on any atom is 0.437 e. The lowest BCUT2D eigenvalue weighted by Gasteiger charge is -2.13. The maximum atomic E-state index is 12.8. The minimum absolute atomic E-state index is 0.142. The van der Waals surface area contributed by atoms with E-state index in [1.165, 1.54) is 18.2 Å². The normalized spacial score (nSPS) is 12.3. The van der Waals surface area contributed by atoms with Gasteiger partial charge in [-0.25, -0.2) is 18.5 Å². The van der Waals surface area contributed by atoms with E-state index in [0.717, 1.165) is 19.4 Å². The largest absolute Gasteiger partial charge is 0.494 e. The maximum absolute atomic E-state index is 12.8. The molecule has 124 valence electrons. The van der Waals surface area contributed by atoms with Crippen LogP contribution in [0.5, 0.6) is 5.75 Å². The Morgan fingerprint density at radius 2 is 1.87 bits per heavy atom. The average molecular weight is 346 g/mol. The summed E-state index contributed by atoms with van der Waals surface area (Å²) in [5.41, 5.74) is 0.193. The number of benzene rings is 1. The first-order chi connectivity index (χ1) is 10.5. The van der Waals surface area contributed by atoms with Gasteiger partial charge in [0.05, 0.1) is 12.0 Å². The Hall–Kier alpha value is -2.13. The topological polar surface area (TPSA) is 82.3 Å². The molecule has 2 rings (SSSR count). The minimum atomic E-state index is -4.65. The molecule has 2 aromatic rings. The van der Waals surface area contributed by atoms with E-state index < -0.39 is 27.6 Å². The first kappa shape index (κ1) is 17.2. The third-order valence-electron chi connectivity index (χ3n) is 3.19. The molecule has 1 aromatic carbocycles. The Morgan fingerprint density at radius 3 is 2.39 bits per heavy atom. The van der Waals surface area contributed by atoms with Gasteiger partial charge >= 0.3 is 6.18 Å². The molecule has 0 atom stereocenters. The van der Waals surface area contributed by atoms with Crippen LogP contribution in [0.25, 0.3) is 11.1 Å². The van der Waals surface area contributed by atoms with Crippen molar-refractivity contribution in [3.05, 3.63) is 41.7 Å². The van der Waals surface area contributed by atoms with Crippen LogP contribution in [0.4, 0.5) is 13.2 Å². The van der Waals surface area contributed by atoms with E-state index in [4.69, 9.17) is 9.88 Å². The van der Waals surface area contributed by atoms with Gasteiger partial charge in [0, 0.05) is 11.8 Å². The first-order valence-electron chi connectivity index (χ1n) is 6.29. The van der Waals surface area contributed by atoms with Crippen LogP contribution in [0, 0.1) is 6.92 Å². The first-order valence-corrected chi connectivity index (χ1v) is 7.83. The summed E-state index contributed by atoms with van der Waals surface area (Å²) in [5.74, 6) is -0.449. The van der Waals surface area contributed by atoms with Crippen LogP contribution < -0.4 is 9.88 Å². The molecule has 0 bridgehead atoms. The Balaban J connectivity index is 2.64. The standard InChI is InChI=1S/C14H13F3N2O3S/c1-8-3-4-10(23(18,20)21)6-11(8)9-5-12(22-2)13(19-7-9)14(15,16)17/h3-7H,1-2H3,(H2,18,20,21). The highest BCUT2D eigenvalue weighted by atomic mass is 32.2.